The molecule has 1 amide bonds. The van der Waals surface area contributed by atoms with E-state index >= 15 is 0 Å². The van der Waals surface area contributed by atoms with Crippen LogP contribution in [0, 0.1) is 0 Å². The first-order valence-corrected chi connectivity index (χ1v) is 10.0. The standard InChI is InChI=1S/C17H22N4O3S/c1-11(2)20-16(7-8-18-20)19-17(22)13-5-6-15-14(10-13)9-12(3)21(15)25(4,23)24/h5-8,10-12H,9H2,1-4H3,(H,19,22). The normalized spacial score (nSPS) is 17.0. The molecule has 1 aliphatic heterocycles. The van der Waals surface area contributed by atoms with Gasteiger partial charge in [0.25, 0.3) is 5.91 Å². The molecule has 2 aromatic rings. The molecule has 1 aliphatic rings. The Balaban J connectivity index is 1.87. The molecule has 1 unspecified atom stereocenters. The number of amides is 1. The summed E-state index contributed by atoms with van der Waals surface area (Å²) < 4.78 is 27.1. The van der Waals surface area contributed by atoms with Crippen molar-refractivity contribution in [2.24, 2.45) is 0 Å². The Morgan fingerprint density at radius 1 is 1.32 bits per heavy atom. The lowest BCUT2D eigenvalue weighted by molar-refractivity contribution is 0.102. The summed E-state index contributed by atoms with van der Waals surface area (Å²) in [5, 5.41) is 7.06. The highest BCUT2D eigenvalue weighted by Gasteiger charge is 2.32. The topological polar surface area (TPSA) is 84.3 Å². The molecule has 0 fully saturated rings. The molecule has 3 rings (SSSR count). The van der Waals surface area contributed by atoms with Crippen LogP contribution in [-0.2, 0) is 16.4 Å². The van der Waals surface area contributed by atoms with Gasteiger partial charge in [-0.3, -0.25) is 9.10 Å². The molecule has 2 heterocycles. The highest BCUT2D eigenvalue weighted by Crippen LogP contribution is 2.34. The molecule has 0 radical (unpaired) electrons. The Morgan fingerprint density at radius 2 is 2.04 bits per heavy atom. The number of carbonyl (C=O) groups is 1. The Kier molecular flexibility index (Phi) is 4.32. The lowest BCUT2D eigenvalue weighted by Crippen LogP contribution is -2.34. The van der Waals surface area contributed by atoms with Gasteiger partial charge in [-0.15, -0.1) is 0 Å². The van der Waals surface area contributed by atoms with E-state index in [1.807, 2.05) is 20.8 Å². The summed E-state index contributed by atoms with van der Waals surface area (Å²) in [5.41, 5.74) is 2.01. The molecule has 25 heavy (non-hydrogen) atoms. The van der Waals surface area contributed by atoms with Crippen molar-refractivity contribution in [1.29, 1.82) is 0 Å². The van der Waals surface area contributed by atoms with Gasteiger partial charge >= 0.3 is 0 Å². The maximum Gasteiger partial charge on any atom is 0.256 e. The van der Waals surface area contributed by atoms with Crippen molar-refractivity contribution in [1.82, 2.24) is 9.78 Å². The van der Waals surface area contributed by atoms with Crippen LogP contribution >= 0.6 is 0 Å². The van der Waals surface area contributed by atoms with Gasteiger partial charge in [0.15, 0.2) is 0 Å². The number of hydrogen-bond acceptors (Lipinski definition) is 4. The minimum atomic E-state index is -3.33. The molecular weight excluding hydrogens is 340 g/mol. The average Bonchev–Trinajstić information content (AvgIpc) is 3.08. The second-order valence-electron chi connectivity index (χ2n) is 6.66. The molecule has 1 atom stereocenters. The zero-order valence-corrected chi connectivity index (χ0v) is 15.5. The van der Waals surface area contributed by atoms with E-state index in [2.05, 4.69) is 10.4 Å². The van der Waals surface area contributed by atoms with Crippen molar-refractivity contribution in [3.63, 3.8) is 0 Å². The summed E-state index contributed by atoms with van der Waals surface area (Å²) in [4.78, 5) is 12.6. The Hall–Kier alpha value is -2.35. The van der Waals surface area contributed by atoms with Crippen molar-refractivity contribution in [2.45, 2.75) is 39.3 Å². The van der Waals surface area contributed by atoms with Gasteiger partial charge in [0.1, 0.15) is 5.82 Å². The molecule has 0 bridgehead atoms. The van der Waals surface area contributed by atoms with Crippen LogP contribution in [0.4, 0.5) is 11.5 Å². The van der Waals surface area contributed by atoms with E-state index in [1.54, 1.807) is 35.1 Å². The predicted octanol–water partition coefficient (Wildman–Crippen LogP) is 2.43. The van der Waals surface area contributed by atoms with Crippen LogP contribution < -0.4 is 9.62 Å². The zero-order valence-electron chi connectivity index (χ0n) is 14.7. The van der Waals surface area contributed by atoms with Crippen molar-refractivity contribution in [3.8, 4) is 0 Å². The minimum absolute atomic E-state index is 0.134. The van der Waals surface area contributed by atoms with Crippen LogP contribution in [0.3, 0.4) is 0 Å². The number of carbonyl (C=O) groups excluding carboxylic acids is 1. The summed E-state index contributed by atoms with van der Waals surface area (Å²) in [7, 11) is -3.33. The number of benzene rings is 1. The third-order valence-corrected chi connectivity index (χ3v) is 5.52. The molecule has 1 aromatic heterocycles. The van der Waals surface area contributed by atoms with E-state index in [9.17, 15) is 13.2 Å². The molecular formula is C17H22N4O3S. The number of anilines is 2. The number of rotatable bonds is 4. The monoisotopic (exact) mass is 362 g/mol. The van der Waals surface area contributed by atoms with E-state index in [-0.39, 0.29) is 18.0 Å². The van der Waals surface area contributed by atoms with Gasteiger partial charge < -0.3 is 5.32 Å². The molecule has 0 saturated carbocycles. The van der Waals surface area contributed by atoms with Gasteiger partial charge in [-0.25, -0.2) is 13.1 Å². The fourth-order valence-electron chi connectivity index (χ4n) is 3.26. The SMILES string of the molecule is CC1Cc2cc(C(=O)Nc3ccnn3C(C)C)ccc2N1S(C)(=O)=O. The molecule has 134 valence electrons. The van der Waals surface area contributed by atoms with Crippen molar-refractivity contribution >= 4 is 27.4 Å². The summed E-state index contributed by atoms with van der Waals surface area (Å²) in [6.45, 7) is 5.83. The van der Waals surface area contributed by atoms with Crippen LogP contribution in [0.2, 0.25) is 0 Å². The fraction of sp³-hybridized carbons (Fsp3) is 0.412. The highest BCUT2D eigenvalue weighted by molar-refractivity contribution is 7.92. The number of nitrogens with zero attached hydrogens (tertiary/aromatic N) is 3. The lowest BCUT2D eigenvalue weighted by Gasteiger charge is -2.21. The molecule has 8 heteroatoms. The van der Waals surface area contributed by atoms with E-state index in [1.165, 1.54) is 10.6 Å². The average molecular weight is 362 g/mol. The van der Waals surface area contributed by atoms with Gasteiger partial charge in [-0.2, -0.15) is 5.10 Å². The molecule has 0 aliphatic carbocycles. The first-order valence-electron chi connectivity index (χ1n) is 8.15. The molecule has 7 nitrogen and oxygen atoms in total. The van der Waals surface area contributed by atoms with E-state index in [0.717, 1.165) is 5.56 Å². The maximum absolute atomic E-state index is 12.6. The summed E-state index contributed by atoms with van der Waals surface area (Å²) >= 11 is 0. The second-order valence-corrected chi connectivity index (χ2v) is 8.52. The lowest BCUT2D eigenvalue weighted by atomic mass is 10.1. The maximum atomic E-state index is 12.6. The number of hydrogen-bond donors (Lipinski definition) is 1. The highest BCUT2D eigenvalue weighted by atomic mass is 32.2. The quantitative estimate of drug-likeness (QED) is 0.905. The third-order valence-electron chi connectivity index (χ3n) is 4.25. The van der Waals surface area contributed by atoms with Crippen LogP contribution in [-0.4, -0.2) is 36.4 Å². The second kappa shape index (κ2) is 6.18. The van der Waals surface area contributed by atoms with E-state index in [0.29, 0.717) is 23.5 Å². The van der Waals surface area contributed by atoms with Gasteiger partial charge in [0.2, 0.25) is 10.0 Å². The van der Waals surface area contributed by atoms with Gasteiger partial charge in [0, 0.05) is 23.7 Å². The molecule has 0 saturated heterocycles. The van der Waals surface area contributed by atoms with Crippen molar-refractivity contribution in [2.75, 3.05) is 15.9 Å². The van der Waals surface area contributed by atoms with Gasteiger partial charge in [-0.05, 0) is 51.0 Å². The third kappa shape index (κ3) is 3.26. The van der Waals surface area contributed by atoms with Crippen LogP contribution in [0.15, 0.2) is 30.5 Å². The number of fused-ring (bicyclic) bond motifs is 1. The van der Waals surface area contributed by atoms with Crippen LogP contribution in [0.25, 0.3) is 0 Å². The summed E-state index contributed by atoms with van der Waals surface area (Å²) in [6.07, 6.45) is 3.43. The predicted molar refractivity (Wildman–Crippen MR) is 97.5 cm³/mol. The molecule has 1 N–H and O–H groups in total. The Labute approximate surface area is 147 Å². The first-order chi connectivity index (χ1) is 11.7. The van der Waals surface area contributed by atoms with Crippen LogP contribution in [0.1, 0.15) is 42.7 Å². The Bertz CT molecular complexity index is 918. The number of nitrogens with one attached hydrogen (secondary N) is 1. The smallest absolute Gasteiger partial charge is 0.256 e. The van der Waals surface area contributed by atoms with Gasteiger partial charge in [-0.1, -0.05) is 0 Å². The van der Waals surface area contributed by atoms with Gasteiger partial charge in [0.05, 0.1) is 18.1 Å². The minimum Gasteiger partial charge on any atom is -0.307 e. The molecule has 0 spiro atoms. The van der Waals surface area contributed by atoms with Crippen LogP contribution in [0.5, 0.6) is 0 Å². The van der Waals surface area contributed by atoms with E-state index < -0.39 is 10.0 Å². The zero-order chi connectivity index (χ0) is 18.4. The van der Waals surface area contributed by atoms with Crippen molar-refractivity contribution < 1.29 is 13.2 Å². The summed E-state index contributed by atoms with van der Waals surface area (Å²) in [5.74, 6) is 0.391. The van der Waals surface area contributed by atoms with E-state index in [4.69, 9.17) is 0 Å². The number of aromatic nitrogens is 2. The number of sulfonamides is 1. The Morgan fingerprint density at radius 3 is 2.68 bits per heavy atom. The summed E-state index contributed by atoms with van der Waals surface area (Å²) in [6, 6.07) is 6.86. The largest absolute Gasteiger partial charge is 0.307 e. The first kappa shape index (κ1) is 17.5. The fourth-order valence-corrected chi connectivity index (χ4v) is 4.53. The van der Waals surface area contributed by atoms with Crippen molar-refractivity contribution in [3.05, 3.63) is 41.6 Å². The molecule has 1 aromatic carbocycles.